The molecule has 0 spiro atoms. The molecule has 0 aromatic heterocycles. The normalized spacial score (nSPS) is 15.5. The first-order valence-corrected chi connectivity index (χ1v) is 7.36. The first-order chi connectivity index (χ1) is 9.26. The Morgan fingerprint density at radius 3 is 2.50 bits per heavy atom. The second-order valence-electron chi connectivity index (χ2n) is 5.13. The molecule has 0 radical (unpaired) electrons. The Bertz CT molecular complexity index is 426. The average molecular weight is 297 g/mol. The van der Waals surface area contributed by atoms with Crippen LogP contribution in [0.2, 0.25) is 0 Å². The minimum absolute atomic E-state index is 0. The van der Waals surface area contributed by atoms with Gasteiger partial charge in [-0.25, -0.2) is 0 Å². The van der Waals surface area contributed by atoms with Gasteiger partial charge in [-0.2, -0.15) is 0 Å². The van der Waals surface area contributed by atoms with E-state index in [4.69, 9.17) is 0 Å². The van der Waals surface area contributed by atoms with Crippen LogP contribution in [-0.4, -0.2) is 37.0 Å². The third kappa shape index (κ3) is 3.97. The van der Waals surface area contributed by atoms with Gasteiger partial charge in [-0.05, 0) is 63.4 Å². The van der Waals surface area contributed by atoms with Gasteiger partial charge in [0.1, 0.15) is 0 Å². The Morgan fingerprint density at radius 1 is 1.25 bits per heavy atom. The zero-order chi connectivity index (χ0) is 13.7. The standard InChI is InChI=1S/C16H24N2O.ClH/c1-3-18(4-2)16(19)15-7-5-6-14(12-15)13-8-10-17-11-9-13;/h5-7,12-13,17H,3-4,8-11H2,1-2H3;1H. The monoisotopic (exact) mass is 296 g/mol. The second-order valence-corrected chi connectivity index (χ2v) is 5.13. The summed E-state index contributed by atoms with van der Waals surface area (Å²) in [6.07, 6.45) is 2.34. The summed E-state index contributed by atoms with van der Waals surface area (Å²) in [5.74, 6) is 0.756. The molecule has 1 aliphatic heterocycles. The Labute approximate surface area is 128 Å². The maximum Gasteiger partial charge on any atom is 0.253 e. The van der Waals surface area contributed by atoms with Crippen LogP contribution >= 0.6 is 12.4 Å². The van der Waals surface area contributed by atoms with Crippen molar-refractivity contribution < 1.29 is 4.79 Å². The van der Waals surface area contributed by atoms with Crippen molar-refractivity contribution in [3.8, 4) is 0 Å². The summed E-state index contributed by atoms with van der Waals surface area (Å²) in [4.78, 5) is 14.2. The highest BCUT2D eigenvalue weighted by Crippen LogP contribution is 2.26. The van der Waals surface area contributed by atoms with Crippen molar-refractivity contribution in [3.63, 3.8) is 0 Å². The third-order valence-electron chi connectivity index (χ3n) is 3.99. The molecule has 3 nitrogen and oxygen atoms in total. The number of amides is 1. The van der Waals surface area contributed by atoms with Gasteiger partial charge in [-0.1, -0.05) is 12.1 Å². The fraction of sp³-hybridized carbons (Fsp3) is 0.562. The molecule has 1 saturated heterocycles. The number of nitrogens with zero attached hydrogens (tertiary/aromatic N) is 1. The van der Waals surface area contributed by atoms with Crippen LogP contribution in [-0.2, 0) is 0 Å². The van der Waals surface area contributed by atoms with Gasteiger partial charge in [0, 0.05) is 18.7 Å². The van der Waals surface area contributed by atoms with Crippen molar-refractivity contribution >= 4 is 18.3 Å². The minimum atomic E-state index is 0. The lowest BCUT2D eigenvalue weighted by Gasteiger charge is -2.24. The third-order valence-corrected chi connectivity index (χ3v) is 3.99. The smallest absolute Gasteiger partial charge is 0.253 e. The van der Waals surface area contributed by atoms with E-state index in [0.717, 1.165) is 31.7 Å². The molecule has 1 amide bonds. The summed E-state index contributed by atoms with van der Waals surface area (Å²) in [5.41, 5.74) is 2.15. The van der Waals surface area contributed by atoms with Gasteiger partial charge >= 0.3 is 0 Å². The summed E-state index contributed by atoms with van der Waals surface area (Å²) in [7, 11) is 0. The summed E-state index contributed by atoms with van der Waals surface area (Å²) < 4.78 is 0. The molecule has 112 valence electrons. The first kappa shape index (κ1) is 17.0. The SMILES string of the molecule is CCN(CC)C(=O)c1cccc(C2CCNCC2)c1.Cl. The molecule has 0 bridgehead atoms. The number of carbonyl (C=O) groups excluding carboxylic acids is 1. The van der Waals surface area contributed by atoms with Crippen molar-refractivity contribution in [2.75, 3.05) is 26.2 Å². The molecule has 1 heterocycles. The van der Waals surface area contributed by atoms with Gasteiger partial charge in [0.25, 0.3) is 5.91 Å². The van der Waals surface area contributed by atoms with E-state index in [-0.39, 0.29) is 18.3 Å². The molecule has 1 fully saturated rings. The zero-order valence-corrected chi connectivity index (χ0v) is 13.2. The van der Waals surface area contributed by atoms with Gasteiger partial charge in [-0.15, -0.1) is 12.4 Å². The van der Waals surface area contributed by atoms with Crippen molar-refractivity contribution in [2.24, 2.45) is 0 Å². The number of carbonyl (C=O) groups is 1. The van der Waals surface area contributed by atoms with Crippen molar-refractivity contribution in [1.82, 2.24) is 10.2 Å². The van der Waals surface area contributed by atoms with Crippen molar-refractivity contribution in [3.05, 3.63) is 35.4 Å². The molecule has 1 N–H and O–H groups in total. The van der Waals surface area contributed by atoms with Gasteiger partial charge in [0.15, 0.2) is 0 Å². The molecule has 1 aromatic carbocycles. The van der Waals surface area contributed by atoms with E-state index in [2.05, 4.69) is 17.4 Å². The molecule has 4 heteroatoms. The summed E-state index contributed by atoms with van der Waals surface area (Å²) in [6.45, 7) is 7.76. The number of halogens is 1. The van der Waals surface area contributed by atoms with Crippen LogP contribution in [0.1, 0.15) is 48.5 Å². The molecule has 0 unspecified atom stereocenters. The maximum atomic E-state index is 12.4. The molecule has 0 aliphatic carbocycles. The lowest BCUT2D eigenvalue weighted by molar-refractivity contribution is 0.0773. The van der Waals surface area contributed by atoms with Crippen LogP contribution in [0.25, 0.3) is 0 Å². The lowest BCUT2D eigenvalue weighted by atomic mass is 9.89. The van der Waals surface area contributed by atoms with E-state index < -0.39 is 0 Å². The highest BCUT2D eigenvalue weighted by molar-refractivity contribution is 5.94. The van der Waals surface area contributed by atoms with E-state index in [1.165, 1.54) is 18.4 Å². The topological polar surface area (TPSA) is 32.3 Å². The minimum Gasteiger partial charge on any atom is -0.339 e. The second kappa shape index (κ2) is 8.28. The zero-order valence-electron chi connectivity index (χ0n) is 12.4. The molecule has 2 rings (SSSR count). The van der Waals surface area contributed by atoms with Crippen molar-refractivity contribution in [1.29, 1.82) is 0 Å². The number of piperidine rings is 1. The van der Waals surface area contributed by atoms with Crippen LogP contribution in [0.5, 0.6) is 0 Å². The highest BCUT2D eigenvalue weighted by Gasteiger charge is 2.18. The highest BCUT2D eigenvalue weighted by atomic mass is 35.5. The summed E-state index contributed by atoms with van der Waals surface area (Å²) in [5, 5.41) is 3.38. The Morgan fingerprint density at radius 2 is 1.90 bits per heavy atom. The number of benzene rings is 1. The predicted octanol–water partition coefficient (Wildman–Crippen LogP) is 3.06. The quantitative estimate of drug-likeness (QED) is 0.926. The van der Waals surface area contributed by atoms with E-state index in [1.807, 2.05) is 30.9 Å². The number of rotatable bonds is 4. The molecular formula is C16H25ClN2O. The average Bonchev–Trinajstić information content (AvgIpc) is 2.49. The first-order valence-electron chi connectivity index (χ1n) is 7.36. The molecule has 20 heavy (non-hydrogen) atoms. The van der Waals surface area contributed by atoms with Gasteiger partial charge in [0.05, 0.1) is 0 Å². The molecule has 0 atom stereocenters. The summed E-state index contributed by atoms with van der Waals surface area (Å²) >= 11 is 0. The number of hydrogen-bond acceptors (Lipinski definition) is 2. The van der Waals surface area contributed by atoms with E-state index in [9.17, 15) is 4.79 Å². The molecular weight excluding hydrogens is 272 g/mol. The number of hydrogen-bond donors (Lipinski definition) is 1. The number of nitrogens with one attached hydrogen (secondary N) is 1. The van der Waals surface area contributed by atoms with E-state index in [0.29, 0.717) is 5.92 Å². The summed E-state index contributed by atoms with van der Waals surface area (Å²) in [6, 6.07) is 8.21. The van der Waals surface area contributed by atoms with Crippen LogP contribution in [0.15, 0.2) is 24.3 Å². The van der Waals surface area contributed by atoms with Gasteiger partial charge in [-0.3, -0.25) is 4.79 Å². The Kier molecular flexibility index (Phi) is 7.03. The predicted molar refractivity (Wildman–Crippen MR) is 85.8 cm³/mol. The van der Waals surface area contributed by atoms with Crippen molar-refractivity contribution in [2.45, 2.75) is 32.6 Å². The van der Waals surface area contributed by atoms with Crippen LogP contribution in [0.4, 0.5) is 0 Å². The lowest BCUT2D eigenvalue weighted by Crippen LogP contribution is -2.30. The van der Waals surface area contributed by atoms with Crippen LogP contribution in [0.3, 0.4) is 0 Å². The fourth-order valence-electron chi connectivity index (χ4n) is 2.77. The van der Waals surface area contributed by atoms with Crippen LogP contribution in [0, 0.1) is 0 Å². The van der Waals surface area contributed by atoms with Crippen LogP contribution < -0.4 is 5.32 Å². The van der Waals surface area contributed by atoms with E-state index in [1.54, 1.807) is 0 Å². The molecule has 1 aliphatic rings. The Balaban J connectivity index is 0.00000200. The maximum absolute atomic E-state index is 12.4. The fourth-order valence-corrected chi connectivity index (χ4v) is 2.77. The van der Waals surface area contributed by atoms with Gasteiger partial charge in [0.2, 0.25) is 0 Å². The molecule has 1 aromatic rings. The van der Waals surface area contributed by atoms with E-state index >= 15 is 0 Å². The molecule has 0 saturated carbocycles. The largest absolute Gasteiger partial charge is 0.339 e. The van der Waals surface area contributed by atoms with Gasteiger partial charge < -0.3 is 10.2 Å². The Hall–Kier alpha value is -1.06.